The van der Waals surface area contributed by atoms with E-state index in [1.165, 1.54) is 4.88 Å². The number of amides is 1. The lowest BCUT2D eigenvalue weighted by atomic mass is 9.90. The van der Waals surface area contributed by atoms with Gasteiger partial charge in [-0.3, -0.25) is 0 Å². The highest BCUT2D eigenvalue weighted by atomic mass is 32.1. The van der Waals surface area contributed by atoms with Crippen LogP contribution in [-0.4, -0.2) is 27.6 Å². The zero-order valence-corrected chi connectivity index (χ0v) is 11.4. The van der Waals surface area contributed by atoms with Crippen molar-refractivity contribution in [1.82, 2.24) is 0 Å². The van der Waals surface area contributed by atoms with Crippen molar-refractivity contribution >= 4 is 23.2 Å². The van der Waals surface area contributed by atoms with Crippen molar-refractivity contribution in [1.29, 1.82) is 0 Å². The SMILES string of the molecule is N[N+]12C(=O)CCc3sccc3[C@H]1CCC[C@H]2C(=O)O. The molecule has 0 spiro atoms. The average molecular weight is 281 g/mol. The Morgan fingerprint density at radius 1 is 1.42 bits per heavy atom. The molecule has 0 aromatic carbocycles. The molecule has 2 aliphatic heterocycles. The molecule has 6 heteroatoms. The first-order chi connectivity index (χ1) is 9.05. The van der Waals surface area contributed by atoms with Gasteiger partial charge in [0.2, 0.25) is 6.04 Å². The van der Waals surface area contributed by atoms with Crippen LogP contribution in [0.2, 0.25) is 0 Å². The van der Waals surface area contributed by atoms with E-state index >= 15 is 0 Å². The van der Waals surface area contributed by atoms with Crippen molar-refractivity contribution in [2.45, 2.75) is 44.2 Å². The summed E-state index contributed by atoms with van der Waals surface area (Å²) >= 11 is 1.64. The fourth-order valence-electron chi connectivity index (χ4n) is 3.45. The van der Waals surface area contributed by atoms with E-state index in [2.05, 4.69) is 0 Å². The molecular formula is C13H17N2O3S+. The van der Waals surface area contributed by atoms with Crippen LogP contribution in [-0.2, 0) is 16.0 Å². The van der Waals surface area contributed by atoms with E-state index in [0.717, 1.165) is 18.4 Å². The smallest absolute Gasteiger partial charge is 0.364 e. The molecule has 0 bridgehead atoms. The number of quaternary nitrogens is 1. The Balaban J connectivity index is 2.13. The molecule has 3 heterocycles. The normalized spacial score (nSPS) is 34.3. The van der Waals surface area contributed by atoms with Gasteiger partial charge in [-0.2, -0.15) is 10.4 Å². The summed E-state index contributed by atoms with van der Waals surface area (Å²) in [5.74, 6) is 5.24. The zero-order chi connectivity index (χ0) is 13.6. The highest BCUT2D eigenvalue weighted by molar-refractivity contribution is 7.10. The summed E-state index contributed by atoms with van der Waals surface area (Å²) in [4.78, 5) is 25.1. The summed E-state index contributed by atoms with van der Waals surface area (Å²) in [6.07, 6.45) is 3.10. The monoisotopic (exact) mass is 281 g/mol. The standard InChI is InChI=1S/C13H16N2O3S/c14-15-9(2-1-3-10(15)13(17)18)8-6-7-19-11(8)4-5-12(15)16/h6-7,9-10H,1-5,14H2/p+1/t9-,10+,15?/m1/s1. The lowest BCUT2D eigenvalue weighted by Crippen LogP contribution is -2.69. The van der Waals surface area contributed by atoms with E-state index in [0.29, 0.717) is 19.3 Å². The quantitative estimate of drug-likeness (QED) is 0.465. The minimum atomic E-state index is -0.959. The topological polar surface area (TPSA) is 80.4 Å². The third-order valence-electron chi connectivity index (χ3n) is 4.41. The Kier molecular flexibility index (Phi) is 2.96. The summed E-state index contributed by atoms with van der Waals surface area (Å²) in [5, 5.41) is 11.4. The molecule has 19 heavy (non-hydrogen) atoms. The number of carbonyl (C=O) groups is 2. The molecule has 0 radical (unpaired) electrons. The number of aryl methyl sites for hydroxylation is 1. The lowest BCUT2D eigenvalue weighted by molar-refractivity contribution is -0.918. The predicted octanol–water partition coefficient (Wildman–Crippen LogP) is 1.59. The first kappa shape index (κ1) is 12.8. The van der Waals surface area contributed by atoms with E-state index in [1.807, 2.05) is 11.4 Å². The minimum Gasteiger partial charge on any atom is -0.477 e. The van der Waals surface area contributed by atoms with Gasteiger partial charge in [0.05, 0.1) is 6.42 Å². The fourth-order valence-corrected chi connectivity index (χ4v) is 4.39. The number of carboxylic acid groups (broad SMARTS) is 1. The number of nitrogens with zero attached hydrogens (tertiary/aromatic N) is 1. The first-order valence-electron chi connectivity index (χ1n) is 6.54. The van der Waals surface area contributed by atoms with Gasteiger partial charge in [-0.05, 0) is 24.3 Å². The second-order valence-electron chi connectivity index (χ2n) is 5.33. The van der Waals surface area contributed by atoms with E-state index in [4.69, 9.17) is 5.84 Å². The predicted molar refractivity (Wildman–Crippen MR) is 70.1 cm³/mol. The number of fused-ring (bicyclic) bond motifs is 3. The van der Waals surface area contributed by atoms with Crippen LogP contribution in [0.5, 0.6) is 0 Å². The van der Waals surface area contributed by atoms with Crippen LogP contribution in [0.4, 0.5) is 0 Å². The van der Waals surface area contributed by atoms with Gasteiger partial charge < -0.3 is 5.11 Å². The molecule has 1 saturated heterocycles. The van der Waals surface area contributed by atoms with Crippen LogP contribution in [0.25, 0.3) is 0 Å². The van der Waals surface area contributed by atoms with Crippen molar-refractivity contribution in [2.75, 3.05) is 0 Å². The molecule has 2 aliphatic rings. The number of piperidine rings is 1. The van der Waals surface area contributed by atoms with E-state index in [1.54, 1.807) is 11.3 Å². The van der Waals surface area contributed by atoms with Gasteiger partial charge in [0.1, 0.15) is 6.04 Å². The molecule has 102 valence electrons. The van der Waals surface area contributed by atoms with Crippen molar-refractivity contribution in [3.05, 3.63) is 21.9 Å². The first-order valence-corrected chi connectivity index (χ1v) is 7.42. The molecule has 1 amide bonds. The van der Waals surface area contributed by atoms with E-state index < -0.39 is 16.6 Å². The van der Waals surface area contributed by atoms with Gasteiger partial charge in [0.25, 0.3) is 0 Å². The van der Waals surface area contributed by atoms with E-state index in [-0.39, 0.29) is 11.9 Å². The zero-order valence-electron chi connectivity index (χ0n) is 10.5. The lowest BCUT2D eigenvalue weighted by Gasteiger charge is -2.43. The van der Waals surface area contributed by atoms with Gasteiger partial charge >= 0.3 is 11.9 Å². The Morgan fingerprint density at radius 2 is 2.21 bits per heavy atom. The molecule has 3 rings (SSSR count). The Morgan fingerprint density at radius 3 is 2.95 bits per heavy atom. The summed E-state index contributed by atoms with van der Waals surface area (Å²) in [7, 11) is 0. The number of rotatable bonds is 1. The number of aliphatic carboxylic acids is 1. The molecule has 1 unspecified atom stereocenters. The molecular weight excluding hydrogens is 264 g/mol. The van der Waals surface area contributed by atoms with Crippen LogP contribution in [0, 0.1) is 0 Å². The van der Waals surface area contributed by atoms with Crippen molar-refractivity contribution in [3.63, 3.8) is 0 Å². The third-order valence-corrected chi connectivity index (χ3v) is 5.40. The summed E-state index contributed by atoms with van der Waals surface area (Å²) in [6, 6.07) is 1.01. The van der Waals surface area contributed by atoms with Gasteiger partial charge in [-0.25, -0.2) is 9.59 Å². The summed E-state index contributed by atoms with van der Waals surface area (Å²) in [5.41, 5.74) is 1.09. The van der Waals surface area contributed by atoms with Crippen LogP contribution in [0.3, 0.4) is 0 Å². The molecule has 1 aromatic heterocycles. The maximum atomic E-state index is 12.4. The highest BCUT2D eigenvalue weighted by Gasteiger charge is 2.55. The number of thiophene rings is 1. The highest BCUT2D eigenvalue weighted by Crippen LogP contribution is 2.44. The van der Waals surface area contributed by atoms with Crippen LogP contribution in [0.15, 0.2) is 11.4 Å². The average Bonchev–Trinajstić information content (AvgIpc) is 2.79. The van der Waals surface area contributed by atoms with Gasteiger partial charge in [-0.15, -0.1) is 11.3 Å². The second-order valence-corrected chi connectivity index (χ2v) is 6.33. The van der Waals surface area contributed by atoms with Gasteiger partial charge in [0.15, 0.2) is 0 Å². The van der Waals surface area contributed by atoms with E-state index in [9.17, 15) is 14.7 Å². The molecule has 3 atom stereocenters. The second kappa shape index (κ2) is 4.40. The third kappa shape index (κ3) is 1.74. The molecule has 1 aromatic rings. The Labute approximate surface area is 115 Å². The van der Waals surface area contributed by atoms with Crippen LogP contribution < -0.4 is 5.84 Å². The van der Waals surface area contributed by atoms with Crippen molar-refractivity contribution in [2.24, 2.45) is 5.84 Å². The van der Waals surface area contributed by atoms with Crippen LogP contribution in [0.1, 0.15) is 42.2 Å². The minimum absolute atomic E-state index is 0.138. The largest absolute Gasteiger partial charge is 0.477 e. The molecule has 1 fully saturated rings. The molecule has 5 nitrogen and oxygen atoms in total. The molecule has 3 N–H and O–H groups in total. The molecule has 0 saturated carbocycles. The maximum absolute atomic E-state index is 12.4. The summed E-state index contributed by atoms with van der Waals surface area (Å²) < 4.78 is -0.431. The fraction of sp³-hybridized carbons (Fsp3) is 0.538. The van der Waals surface area contributed by atoms with Crippen molar-refractivity contribution in [3.8, 4) is 0 Å². The summed E-state index contributed by atoms with van der Waals surface area (Å²) in [6.45, 7) is 0. The van der Waals surface area contributed by atoms with Crippen LogP contribution >= 0.6 is 11.3 Å². The number of carbonyl (C=O) groups excluding carboxylic acids is 1. The number of hydrogen-bond donors (Lipinski definition) is 2. The number of hydrogen-bond acceptors (Lipinski definition) is 4. The number of nitrogens with two attached hydrogens (primary N) is 1. The van der Waals surface area contributed by atoms with Crippen molar-refractivity contribution < 1.29 is 19.3 Å². The van der Waals surface area contributed by atoms with Gasteiger partial charge in [0, 0.05) is 23.3 Å². The maximum Gasteiger partial charge on any atom is 0.364 e. The molecule has 0 aliphatic carbocycles. The Bertz CT molecular complexity index is 542. The van der Waals surface area contributed by atoms with Gasteiger partial charge in [-0.1, -0.05) is 0 Å². The number of carboxylic acids is 1. The Hall–Kier alpha value is -1.24.